The lowest BCUT2D eigenvalue weighted by Gasteiger charge is -2.28. The van der Waals surface area contributed by atoms with E-state index in [-0.39, 0.29) is 11.5 Å². The Morgan fingerprint density at radius 3 is 2.36 bits per heavy atom. The van der Waals surface area contributed by atoms with Crippen molar-refractivity contribution in [2.45, 2.75) is 44.1 Å². The SMILES string of the molecule is O=C(NC1(C(=O)O)CCCCCC1)c1cnn(-c2ccc(F)cc2)n1. The van der Waals surface area contributed by atoms with Gasteiger partial charge >= 0.3 is 5.97 Å². The molecule has 1 fully saturated rings. The van der Waals surface area contributed by atoms with Crippen molar-refractivity contribution in [3.8, 4) is 5.69 Å². The number of carbonyl (C=O) groups is 2. The second-order valence-corrected chi connectivity index (χ2v) is 6.25. The zero-order chi connectivity index (χ0) is 17.9. The van der Waals surface area contributed by atoms with Gasteiger partial charge in [-0.3, -0.25) is 4.79 Å². The van der Waals surface area contributed by atoms with Gasteiger partial charge in [0.2, 0.25) is 0 Å². The Hall–Kier alpha value is -2.77. The van der Waals surface area contributed by atoms with E-state index in [1.165, 1.54) is 35.3 Å². The molecule has 132 valence electrons. The van der Waals surface area contributed by atoms with Crippen molar-refractivity contribution in [2.24, 2.45) is 0 Å². The highest BCUT2D eigenvalue weighted by Gasteiger charge is 2.40. The normalized spacial score (nSPS) is 16.8. The Labute approximate surface area is 143 Å². The third-order valence-electron chi connectivity index (χ3n) is 4.50. The molecule has 0 spiro atoms. The standard InChI is InChI=1S/C17H19FN4O3/c18-12-5-7-13(8-6-12)22-19-11-14(21-22)15(23)20-17(16(24)25)9-3-1-2-4-10-17/h5-8,11H,1-4,9-10H2,(H,20,23)(H,24,25). The van der Waals surface area contributed by atoms with Crippen LogP contribution in [0.4, 0.5) is 4.39 Å². The van der Waals surface area contributed by atoms with Crippen molar-refractivity contribution in [1.82, 2.24) is 20.3 Å². The first-order chi connectivity index (χ1) is 12.0. The topological polar surface area (TPSA) is 97.1 Å². The van der Waals surface area contributed by atoms with Crippen LogP contribution in [0.5, 0.6) is 0 Å². The number of halogens is 1. The maximum atomic E-state index is 13.0. The Bertz CT molecular complexity index is 764. The van der Waals surface area contributed by atoms with Gasteiger partial charge in [0.1, 0.15) is 11.4 Å². The van der Waals surface area contributed by atoms with Crippen LogP contribution in [0.2, 0.25) is 0 Å². The number of amides is 1. The molecule has 1 aromatic heterocycles. The van der Waals surface area contributed by atoms with Crippen LogP contribution in [0, 0.1) is 5.82 Å². The Morgan fingerprint density at radius 1 is 1.12 bits per heavy atom. The van der Waals surface area contributed by atoms with Crippen molar-refractivity contribution in [2.75, 3.05) is 0 Å². The van der Waals surface area contributed by atoms with E-state index in [4.69, 9.17) is 0 Å². The first kappa shape index (κ1) is 17.1. The maximum absolute atomic E-state index is 13.0. The quantitative estimate of drug-likeness (QED) is 0.828. The number of hydrogen-bond donors (Lipinski definition) is 2. The van der Waals surface area contributed by atoms with Crippen LogP contribution in [0.15, 0.2) is 30.5 Å². The van der Waals surface area contributed by atoms with Crippen molar-refractivity contribution in [3.63, 3.8) is 0 Å². The van der Waals surface area contributed by atoms with E-state index < -0.39 is 17.4 Å². The summed E-state index contributed by atoms with van der Waals surface area (Å²) in [5.74, 6) is -1.98. The van der Waals surface area contributed by atoms with Gasteiger partial charge in [-0.25, -0.2) is 9.18 Å². The number of benzene rings is 1. The second-order valence-electron chi connectivity index (χ2n) is 6.25. The fourth-order valence-electron chi connectivity index (χ4n) is 3.07. The molecule has 1 heterocycles. The van der Waals surface area contributed by atoms with Crippen LogP contribution in [0.1, 0.15) is 49.0 Å². The summed E-state index contributed by atoms with van der Waals surface area (Å²) in [5.41, 5.74) is -0.732. The smallest absolute Gasteiger partial charge is 0.329 e. The number of carbonyl (C=O) groups excluding carboxylic acids is 1. The number of carboxylic acids is 1. The van der Waals surface area contributed by atoms with Crippen molar-refractivity contribution < 1.29 is 19.1 Å². The van der Waals surface area contributed by atoms with Crippen molar-refractivity contribution in [3.05, 3.63) is 42.0 Å². The lowest BCUT2D eigenvalue weighted by Crippen LogP contribution is -2.54. The summed E-state index contributed by atoms with van der Waals surface area (Å²) >= 11 is 0. The van der Waals surface area contributed by atoms with Gasteiger partial charge in [-0.05, 0) is 37.1 Å². The van der Waals surface area contributed by atoms with Crippen LogP contribution in [0.25, 0.3) is 5.69 Å². The molecule has 8 heteroatoms. The molecule has 0 saturated heterocycles. The third kappa shape index (κ3) is 3.67. The first-order valence-electron chi connectivity index (χ1n) is 8.24. The molecule has 1 aliphatic rings. The number of rotatable bonds is 4. The monoisotopic (exact) mass is 346 g/mol. The van der Waals surface area contributed by atoms with Crippen LogP contribution in [0.3, 0.4) is 0 Å². The summed E-state index contributed by atoms with van der Waals surface area (Å²) < 4.78 is 13.0. The number of hydrogen-bond acceptors (Lipinski definition) is 4. The third-order valence-corrected chi connectivity index (χ3v) is 4.50. The number of nitrogens with one attached hydrogen (secondary N) is 1. The van der Waals surface area contributed by atoms with Crippen LogP contribution >= 0.6 is 0 Å². The fraction of sp³-hybridized carbons (Fsp3) is 0.412. The van der Waals surface area contributed by atoms with E-state index in [0.29, 0.717) is 18.5 Å². The molecule has 0 unspecified atom stereocenters. The summed E-state index contributed by atoms with van der Waals surface area (Å²) in [7, 11) is 0. The average Bonchev–Trinajstić information content (AvgIpc) is 2.96. The molecule has 1 amide bonds. The van der Waals surface area contributed by atoms with Crippen LogP contribution in [-0.2, 0) is 4.79 Å². The highest BCUT2D eigenvalue weighted by molar-refractivity contribution is 5.96. The molecular weight excluding hydrogens is 327 g/mol. The number of nitrogens with zero attached hydrogens (tertiary/aromatic N) is 3. The molecule has 2 aromatic rings. The number of aliphatic carboxylic acids is 1. The molecule has 0 aliphatic heterocycles. The van der Waals surface area contributed by atoms with Crippen LogP contribution in [-0.4, -0.2) is 37.5 Å². The molecule has 2 N–H and O–H groups in total. The summed E-state index contributed by atoms with van der Waals surface area (Å²) in [6.07, 6.45) is 5.52. The summed E-state index contributed by atoms with van der Waals surface area (Å²) in [5, 5.41) is 20.3. The molecule has 0 bridgehead atoms. The van der Waals surface area contributed by atoms with Gasteiger partial charge in [-0.15, -0.1) is 5.10 Å². The maximum Gasteiger partial charge on any atom is 0.329 e. The zero-order valence-corrected chi connectivity index (χ0v) is 13.6. The minimum absolute atomic E-state index is 0.0224. The zero-order valence-electron chi connectivity index (χ0n) is 13.6. The van der Waals surface area contributed by atoms with Gasteiger partial charge < -0.3 is 10.4 Å². The number of carboxylic acid groups (broad SMARTS) is 1. The van der Waals surface area contributed by atoms with E-state index in [1.807, 2.05) is 0 Å². The number of aromatic nitrogens is 3. The summed E-state index contributed by atoms with van der Waals surface area (Å²) in [4.78, 5) is 25.4. The van der Waals surface area contributed by atoms with Gasteiger partial charge in [0.05, 0.1) is 11.9 Å². The van der Waals surface area contributed by atoms with E-state index in [2.05, 4.69) is 15.5 Å². The molecule has 7 nitrogen and oxygen atoms in total. The van der Waals surface area contributed by atoms with E-state index in [9.17, 15) is 19.1 Å². The van der Waals surface area contributed by atoms with E-state index >= 15 is 0 Å². The van der Waals surface area contributed by atoms with Gasteiger partial charge in [0.15, 0.2) is 5.69 Å². The predicted molar refractivity (Wildman–Crippen MR) is 86.9 cm³/mol. The summed E-state index contributed by atoms with van der Waals surface area (Å²) in [6.45, 7) is 0. The molecule has 3 rings (SSSR count). The lowest BCUT2D eigenvalue weighted by molar-refractivity contribution is -0.145. The highest BCUT2D eigenvalue weighted by atomic mass is 19.1. The second kappa shape index (κ2) is 7.00. The molecule has 1 aliphatic carbocycles. The molecule has 25 heavy (non-hydrogen) atoms. The highest BCUT2D eigenvalue weighted by Crippen LogP contribution is 2.27. The molecule has 1 saturated carbocycles. The lowest BCUT2D eigenvalue weighted by atomic mass is 9.90. The average molecular weight is 346 g/mol. The van der Waals surface area contributed by atoms with E-state index in [0.717, 1.165) is 25.7 Å². The van der Waals surface area contributed by atoms with Gasteiger partial charge in [0.25, 0.3) is 5.91 Å². The summed E-state index contributed by atoms with van der Waals surface area (Å²) in [6, 6.07) is 5.51. The van der Waals surface area contributed by atoms with Gasteiger partial charge in [-0.1, -0.05) is 25.7 Å². The predicted octanol–water partition coefficient (Wildman–Crippen LogP) is 2.31. The Morgan fingerprint density at radius 2 is 1.76 bits per heavy atom. The van der Waals surface area contributed by atoms with Crippen LogP contribution < -0.4 is 5.32 Å². The molecular formula is C17H19FN4O3. The largest absolute Gasteiger partial charge is 0.480 e. The Balaban J connectivity index is 1.78. The fourth-order valence-corrected chi connectivity index (χ4v) is 3.07. The minimum atomic E-state index is -1.26. The Kier molecular flexibility index (Phi) is 4.78. The molecule has 0 radical (unpaired) electrons. The van der Waals surface area contributed by atoms with E-state index in [1.54, 1.807) is 0 Å². The van der Waals surface area contributed by atoms with Gasteiger partial charge in [-0.2, -0.15) is 9.90 Å². The van der Waals surface area contributed by atoms with Gasteiger partial charge in [0, 0.05) is 0 Å². The van der Waals surface area contributed by atoms with Crippen molar-refractivity contribution >= 4 is 11.9 Å². The first-order valence-corrected chi connectivity index (χ1v) is 8.24. The molecule has 0 atom stereocenters. The van der Waals surface area contributed by atoms with Crippen molar-refractivity contribution in [1.29, 1.82) is 0 Å². The molecule has 1 aromatic carbocycles. The minimum Gasteiger partial charge on any atom is -0.480 e.